The molecule has 1 unspecified atom stereocenters. The van der Waals surface area contributed by atoms with Crippen LogP contribution in [-0.2, 0) is 9.47 Å². The second-order valence-corrected chi connectivity index (χ2v) is 8.74. The largest absolute Gasteiger partial charge is 0.508 e. The van der Waals surface area contributed by atoms with Gasteiger partial charge in [0.05, 0.1) is 6.61 Å². The van der Waals surface area contributed by atoms with E-state index in [1.807, 2.05) is 0 Å². The van der Waals surface area contributed by atoms with Gasteiger partial charge in [-0.2, -0.15) is 0 Å². The molecule has 0 aromatic rings. The Morgan fingerprint density at radius 3 is 2.07 bits per heavy atom. The lowest BCUT2D eigenvalue weighted by Gasteiger charge is -2.32. The molecule has 0 aliphatic heterocycles. The Labute approximate surface area is 168 Å². The van der Waals surface area contributed by atoms with Gasteiger partial charge in [0.25, 0.3) is 0 Å². The number of allylic oxidation sites excluding steroid dienone is 4. The van der Waals surface area contributed by atoms with Gasteiger partial charge < -0.3 is 9.47 Å². The van der Waals surface area contributed by atoms with E-state index < -0.39 is 6.16 Å². The quantitative estimate of drug-likeness (QED) is 0.175. The highest BCUT2D eigenvalue weighted by Gasteiger charge is 2.31. The molecule has 0 aromatic carbocycles. The van der Waals surface area contributed by atoms with Gasteiger partial charge in [0, 0.05) is 0 Å². The van der Waals surface area contributed by atoms with Gasteiger partial charge in [0.1, 0.15) is 6.10 Å². The Hall–Kier alpha value is -1.25. The number of hydrogen-bond acceptors (Lipinski definition) is 3. The van der Waals surface area contributed by atoms with Crippen molar-refractivity contribution in [3.63, 3.8) is 0 Å². The van der Waals surface area contributed by atoms with Crippen LogP contribution in [0, 0.1) is 11.3 Å². The van der Waals surface area contributed by atoms with Crippen LogP contribution in [-0.4, -0.2) is 18.9 Å². The number of rotatable bonds is 14. The van der Waals surface area contributed by atoms with E-state index in [0.717, 1.165) is 25.7 Å². The van der Waals surface area contributed by atoms with Crippen LogP contribution in [0.3, 0.4) is 0 Å². The molecule has 0 spiro atoms. The van der Waals surface area contributed by atoms with Gasteiger partial charge >= 0.3 is 6.16 Å². The third-order valence-corrected chi connectivity index (χ3v) is 4.51. The lowest BCUT2D eigenvalue weighted by atomic mass is 9.83. The molecule has 158 valence electrons. The van der Waals surface area contributed by atoms with Crippen LogP contribution in [0.4, 0.5) is 4.79 Å². The smallest absolute Gasteiger partial charge is 0.434 e. The van der Waals surface area contributed by atoms with Gasteiger partial charge in [0.2, 0.25) is 0 Å². The maximum absolute atomic E-state index is 11.9. The standard InChI is InChI=1S/C24H44O3/c1-7-8-9-10-11-12-13-14-15-16-17-18-19-20-26-23(25)27-22(21(2)3)24(4,5)6/h8-9,11-12,21-22H,7,10,13-20H2,1-6H3/b9-8-,12-11-. The molecule has 0 saturated carbocycles. The Bertz CT molecular complexity index is 416. The zero-order chi connectivity index (χ0) is 20.5. The van der Waals surface area contributed by atoms with Gasteiger partial charge in [-0.05, 0) is 43.4 Å². The highest BCUT2D eigenvalue weighted by molar-refractivity contribution is 5.60. The first-order valence-electron chi connectivity index (χ1n) is 10.9. The highest BCUT2D eigenvalue weighted by Crippen LogP contribution is 2.28. The van der Waals surface area contributed by atoms with Crippen molar-refractivity contribution in [3.05, 3.63) is 24.3 Å². The molecule has 0 aliphatic rings. The fourth-order valence-corrected chi connectivity index (χ4v) is 3.23. The summed E-state index contributed by atoms with van der Waals surface area (Å²) in [5.41, 5.74) is -0.0748. The first kappa shape index (κ1) is 25.8. The lowest BCUT2D eigenvalue weighted by Crippen LogP contribution is -2.36. The Balaban J connectivity index is 3.58. The van der Waals surface area contributed by atoms with Crippen LogP contribution in [0.2, 0.25) is 0 Å². The van der Waals surface area contributed by atoms with E-state index in [1.54, 1.807) is 0 Å². The van der Waals surface area contributed by atoms with Gasteiger partial charge in [-0.25, -0.2) is 4.79 Å². The predicted octanol–water partition coefficient (Wildman–Crippen LogP) is 7.85. The molecule has 0 radical (unpaired) electrons. The third kappa shape index (κ3) is 15.5. The number of ether oxygens (including phenoxy) is 2. The summed E-state index contributed by atoms with van der Waals surface area (Å²) in [6.45, 7) is 13.0. The molecule has 0 aromatic heterocycles. The number of carbonyl (C=O) groups is 1. The van der Waals surface area contributed by atoms with Crippen molar-refractivity contribution in [2.24, 2.45) is 11.3 Å². The lowest BCUT2D eigenvalue weighted by molar-refractivity contribution is -0.0381. The molecule has 0 rings (SSSR count). The number of unbranched alkanes of at least 4 members (excludes halogenated alkanes) is 6. The van der Waals surface area contributed by atoms with E-state index in [4.69, 9.17) is 9.47 Å². The normalized spacial score (nSPS) is 13.6. The van der Waals surface area contributed by atoms with Crippen molar-refractivity contribution in [1.82, 2.24) is 0 Å². The molecule has 0 aliphatic carbocycles. The van der Waals surface area contributed by atoms with Crippen LogP contribution >= 0.6 is 0 Å². The van der Waals surface area contributed by atoms with Crippen LogP contribution in [0.25, 0.3) is 0 Å². The average Bonchev–Trinajstić information content (AvgIpc) is 2.58. The van der Waals surface area contributed by atoms with Gasteiger partial charge in [-0.1, -0.05) is 91.5 Å². The van der Waals surface area contributed by atoms with Gasteiger partial charge in [0.15, 0.2) is 0 Å². The second-order valence-electron chi connectivity index (χ2n) is 8.74. The van der Waals surface area contributed by atoms with E-state index >= 15 is 0 Å². The van der Waals surface area contributed by atoms with Crippen molar-refractivity contribution < 1.29 is 14.3 Å². The average molecular weight is 381 g/mol. The van der Waals surface area contributed by atoms with E-state index in [1.165, 1.54) is 32.1 Å². The molecular formula is C24H44O3. The summed E-state index contributed by atoms with van der Waals surface area (Å²) in [6.07, 6.45) is 18.7. The number of carbonyl (C=O) groups excluding carboxylic acids is 1. The summed E-state index contributed by atoms with van der Waals surface area (Å²) >= 11 is 0. The zero-order valence-corrected chi connectivity index (χ0v) is 18.8. The van der Waals surface area contributed by atoms with E-state index in [-0.39, 0.29) is 17.4 Å². The van der Waals surface area contributed by atoms with E-state index in [0.29, 0.717) is 6.61 Å². The SMILES string of the molecule is CC/C=C\C/C=C\CCCCCCCCOC(=O)OC(C(C)C)C(C)(C)C. The molecule has 3 heteroatoms. The molecule has 0 amide bonds. The van der Waals surface area contributed by atoms with Gasteiger partial charge in [-0.15, -0.1) is 0 Å². The zero-order valence-electron chi connectivity index (χ0n) is 18.8. The summed E-state index contributed by atoms with van der Waals surface area (Å²) in [5.74, 6) is 0.278. The van der Waals surface area contributed by atoms with Crippen molar-refractivity contribution >= 4 is 6.16 Å². The third-order valence-electron chi connectivity index (χ3n) is 4.51. The summed E-state index contributed by atoms with van der Waals surface area (Å²) in [4.78, 5) is 11.9. The minimum atomic E-state index is -0.524. The highest BCUT2D eigenvalue weighted by atomic mass is 16.7. The molecule has 0 N–H and O–H groups in total. The second kappa shape index (κ2) is 15.8. The first-order chi connectivity index (χ1) is 12.8. The molecule has 0 bridgehead atoms. The minimum Gasteiger partial charge on any atom is -0.434 e. The molecule has 0 heterocycles. The Morgan fingerprint density at radius 2 is 1.48 bits per heavy atom. The Kier molecular flexibility index (Phi) is 15.0. The summed E-state index contributed by atoms with van der Waals surface area (Å²) < 4.78 is 10.8. The maximum Gasteiger partial charge on any atom is 0.508 e. The summed E-state index contributed by atoms with van der Waals surface area (Å²) in [7, 11) is 0. The summed E-state index contributed by atoms with van der Waals surface area (Å²) in [5, 5.41) is 0. The number of hydrogen-bond donors (Lipinski definition) is 0. The fourth-order valence-electron chi connectivity index (χ4n) is 3.23. The van der Waals surface area contributed by atoms with Crippen LogP contribution in [0.1, 0.15) is 99.3 Å². The monoisotopic (exact) mass is 380 g/mol. The van der Waals surface area contributed by atoms with E-state index in [2.05, 4.69) is 65.8 Å². The minimum absolute atomic E-state index is 0.0748. The summed E-state index contributed by atoms with van der Waals surface area (Å²) in [6, 6.07) is 0. The molecular weight excluding hydrogens is 336 g/mol. The molecule has 0 fully saturated rings. The van der Waals surface area contributed by atoms with Crippen molar-refractivity contribution in [2.75, 3.05) is 6.61 Å². The first-order valence-corrected chi connectivity index (χ1v) is 10.9. The van der Waals surface area contributed by atoms with Gasteiger partial charge in [-0.3, -0.25) is 0 Å². The van der Waals surface area contributed by atoms with E-state index in [9.17, 15) is 4.79 Å². The molecule has 0 saturated heterocycles. The van der Waals surface area contributed by atoms with Crippen molar-refractivity contribution in [1.29, 1.82) is 0 Å². The predicted molar refractivity (Wildman–Crippen MR) is 116 cm³/mol. The van der Waals surface area contributed by atoms with Crippen molar-refractivity contribution in [2.45, 2.75) is 105 Å². The fraction of sp³-hybridized carbons (Fsp3) is 0.792. The Morgan fingerprint density at radius 1 is 0.889 bits per heavy atom. The molecule has 3 nitrogen and oxygen atoms in total. The molecule has 1 atom stereocenters. The van der Waals surface area contributed by atoms with Crippen LogP contribution < -0.4 is 0 Å². The van der Waals surface area contributed by atoms with Crippen LogP contribution in [0.5, 0.6) is 0 Å². The van der Waals surface area contributed by atoms with Crippen molar-refractivity contribution in [3.8, 4) is 0 Å². The topological polar surface area (TPSA) is 35.5 Å². The maximum atomic E-state index is 11.9. The van der Waals surface area contributed by atoms with Crippen LogP contribution in [0.15, 0.2) is 24.3 Å². The molecule has 27 heavy (non-hydrogen) atoms.